The Morgan fingerprint density at radius 1 is 1.23 bits per heavy atom. The molecule has 2 aliphatic rings. The van der Waals surface area contributed by atoms with E-state index in [-0.39, 0.29) is 11.9 Å². The molecule has 2 aromatic heterocycles. The van der Waals surface area contributed by atoms with Crippen molar-refractivity contribution in [2.24, 2.45) is 5.92 Å². The van der Waals surface area contributed by atoms with Gasteiger partial charge in [-0.25, -0.2) is 15.0 Å². The van der Waals surface area contributed by atoms with Crippen molar-refractivity contribution >= 4 is 23.0 Å². The Kier molecular flexibility index (Phi) is 3.40. The Labute approximate surface area is 128 Å². The molecule has 0 spiro atoms. The number of ether oxygens (including phenoxy) is 1. The average Bonchev–Trinajstić information content (AvgIpc) is 3.26. The van der Waals surface area contributed by atoms with Crippen LogP contribution in [0.4, 0.5) is 5.82 Å². The second kappa shape index (κ2) is 5.55. The second-order valence-corrected chi connectivity index (χ2v) is 5.94. The molecule has 7 heteroatoms. The van der Waals surface area contributed by atoms with Gasteiger partial charge in [-0.15, -0.1) is 0 Å². The van der Waals surface area contributed by atoms with Gasteiger partial charge in [0.2, 0.25) is 0 Å². The van der Waals surface area contributed by atoms with E-state index in [0.29, 0.717) is 6.61 Å². The normalized spacial score (nSPS) is 21.7. The lowest BCUT2D eigenvalue weighted by atomic mass is 10.0. The van der Waals surface area contributed by atoms with E-state index >= 15 is 0 Å². The fourth-order valence-electron chi connectivity index (χ4n) is 3.29. The van der Waals surface area contributed by atoms with E-state index in [1.165, 1.54) is 12.8 Å². The summed E-state index contributed by atoms with van der Waals surface area (Å²) in [6.45, 7) is 3.35. The summed E-state index contributed by atoms with van der Waals surface area (Å²) in [7, 11) is 0. The number of imidazole rings is 1. The van der Waals surface area contributed by atoms with Crippen molar-refractivity contribution in [1.82, 2.24) is 19.5 Å². The summed E-state index contributed by atoms with van der Waals surface area (Å²) >= 11 is 0. The molecular weight excluding hydrogens is 282 g/mol. The van der Waals surface area contributed by atoms with E-state index in [1.54, 1.807) is 12.7 Å². The monoisotopic (exact) mass is 301 g/mol. The minimum absolute atomic E-state index is 0.0114. The quantitative estimate of drug-likeness (QED) is 0.794. The molecule has 2 fully saturated rings. The van der Waals surface area contributed by atoms with Crippen LogP contribution >= 0.6 is 0 Å². The third kappa shape index (κ3) is 2.30. The van der Waals surface area contributed by atoms with Crippen molar-refractivity contribution in [2.75, 3.05) is 24.6 Å². The van der Waals surface area contributed by atoms with Gasteiger partial charge in [-0.3, -0.25) is 4.79 Å². The van der Waals surface area contributed by atoms with Gasteiger partial charge in [0.25, 0.3) is 0 Å². The maximum absolute atomic E-state index is 11.5. The maximum atomic E-state index is 11.5. The molecule has 0 aliphatic carbocycles. The standard InChI is InChI=1S/C15H19N5O2/c21-15-11(4-8-22-15)3-7-20-10-18-12-13(16-9-17-14(12)20)19-5-1-2-6-19/h9-11H,1-8H2. The SMILES string of the molecule is O=C1OCCC1CCn1cnc2c(N3CCCC3)ncnc21. The van der Waals surface area contributed by atoms with Gasteiger partial charge in [-0.1, -0.05) is 0 Å². The first-order valence-corrected chi connectivity index (χ1v) is 7.90. The topological polar surface area (TPSA) is 73.1 Å². The van der Waals surface area contributed by atoms with Gasteiger partial charge in [0.15, 0.2) is 17.0 Å². The predicted octanol–water partition coefficient (Wildman–Crippen LogP) is 1.38. The second-order valence-electron chi connectivity index (χ2n) is 5.94. The van der Waals surface area contributed by atoms with Gasteiger partial charge in [-0.05, 0) is 25.7 Å². The molecule has 2 aromatic rings. The van der Waals surface area contributed by atoms with Crippen molar-refractivity contribution in [3.05, 3.63) is 12.7 Å². The van der Waals surface area contributed by atoms with Crippen LogP contribution in [-0.2, 0) is 16.1 Å². The van der Waals surface area contributed by atoms with Gasteiger partial charge in [-0.2, -0.15) is 0 Å². The van der Waals surface area contributed by atoms with E-state index in [1.807, 2.05) is 4.57 Å². The molecule has 0 radical (unpaired) electrons. The Hall–Kier alpha value is -2.18. The Morgan fingerprint density at radius 3 is 2.86 bits per heavy atom. The molecule has 7 nitrogen and oxygen atoms in total. The lowest BCUT2D eigenvalue weighted by Crippen LogP contribution is -2.19. The van der Waals surface area contributed by atoms with Crippen LogP contribution in [0.2, 0.25) is 0 Å². The smallest absolute Gasteiger partial charge is 0.309 e. The van der Waals surface area contributed by atoms with Crippen LogP contribution in [0.3, 0.4) is 0 Å². The molecule has 22 heavy (non-hydrogen) atoms. The first-order valence-electron chi connectivity index (χ1n) is 7.90. The molecular formula is C15H19N5O2. The Morgan fingerprint density at radius 2 is 2.09 bits per heavy atom. The van der Waals surface area contributed by atoms with E-state index in [0.717, 1.165) is 49.5 Å². The molecule has 4 rings (SSSR count). The van der Waals surface area contributed by atoms with Crippen molar-refractivity contribution in [3.8, 4) is 0 Å². The number of carbonyl (C=O) groups is 1. The fraction of sp³-hybridized carbons (Fsp3) is 0.600. The first-order chi connectivity index (χ1) is 10.8. The Balaban J connectivity index is 1.57. The number of fused-ring (bicyclic) bond motifs is 1. The van der Waals surface area contributed by atoms with Crippen LogP contribution in [0.1, 0.15) is 25.7 Å². The number of hydrogen-bond donors (Lipinski definition) is 0. The van der Waals surface area contributed by atoms with Crippen LogP contribution in [0.15, 0.2) is 12.7 Å². The van der Waals surface area contributed by atoms with E-state index < -0.39 is 0 Å². The van der Waals surface area contributed by atoms with Gasteiger partial charge >= 0.3 is 5.97 Å². The molecule has 2 aliphatic heterocycles. The predicted molar refractivity (Wildman–Crippen MR) is 80.5 cm³/mol. The zero-order valence-electron chi connectivity index (χ0n) is 12.4. The van der Waals surface area contributed by atoms with Crippen LogP contribution in [0.25, 0.3) is 11.2 Å². The summed E-state index contributed by atoms with van der Waals surface area (Å²) in [5, 5.41) is 0. The molecule has 0 bridgehead atoms. The van der Waals surface area contributed by atoms with Crippen LogP contribution in [0, 0.1) is 5.92 Å². The van der Waals surface area contributed by atoms with Crippen LogP contribution < -0.4 is 4.90 Å². The highest BCUT2D eigenvalue weighted by atomic mass is 16.5. The summed E-state index contributed by atoms with van der Waals surface area (Å²) in [6, 6.07) is 0. The number of cyclic esters (lactones) is 1. The lowest BCUT2D eigenvalue weighted by molar-refractivity contribution is -0.141. The number of esters is 1. The van der Waals surface area contributed by atoms with Gasteiger partial charge in [0, 0.05) is 19.6 Å². The van der Waals surface area contributed by atoms with E-state index in [4.69, 9.17) is 4.74 Å². The number of hydrogen-bond acceptors (Lipinski definition) is 6. The third-order valence-corrected chi connectivity index (χ3v) is 4.55. The molecule has 0 aromatic carbocycles. The van der Waals surface area contributed by atoms with Crippen molar-refractivity contribution in [3.63, 3.8) is 0 Å². The summed E-state index contributed by atoms with van der Waals surface area (Å²) < 4.78 is 7.03. The largest absolute Gasteiger partial charge is 0.465 e. The van der Waals surface area contributed by atoms with Crippen molar-refractivity contribution in [2.45, 2.75) is 32.2 Å². The molecule has 4 heterocycles. The molecule has 0 N–H and O–H groups in total. The van der Waals surface area contributed by atoms with Gasteiger partial charge in [0.05, 0.1) is 18.9 Å². The zero-order valence-corrected chi connectivity index (χ0v) is 12.4. The Bertz CT molecular complexity index is 692. The summed E-state index contributed by atoms with van der Waals surface area (Å²) in [6.07, 6.45) is 7.41. The highest BCUT2D eigenvalue weighted by Gasteiger charge is 2.26. The first kappa shape index (κ1) is 13.5. The summed E-state index contributed by atoms with van der Waals surface area (Å²) in [5.74, 6) is 0.871. The van der Waals surface area contributed by atoms with Gasteiger partial charge < -0.3 is 14.2 Å². The molecule has 0 saturated carbocycles. The van der Waals surface area contributed by atoms with E-state index in [9.17, 15) is 4.79 Å². The number of carbonyl (C=O) groups excluding carboxylic acids is 1. The third-order valence-electron chi connectivity index (χ3n) is 4.55. The number of aromatic nitrogens is 4. The van der Waals surface area contributed by atoms with Crippen molar-refractivity contribution in [1.29, 1.82) is 0 Å². The molecule has 116 valence electrons. The highest BCUT2D eigenvalue weighted by Crippen LogP contribution is 2.25. The number of rotatable bonds is 4. The maximum Gasteiger partial charge on any atom is 0.309 e. The molecule has 0 amide bonds. The van der Waals surface area contributed by atoms with Crippen LogP contribution in [-0.4, -0.2) is 45.2 Å². The lowest BCUT2D eigenvalue weighted by Gasteiger charge is -2.16. The minimum atomic E-state index is -0.0724. The summed E-state index contributed by atoms with van der Waals surface area (Å²) in [5.41, 5.74) is 1.71. The number of nitrogens with zero attached hydrogens (tertiary/aromatic N) is 5. The van der Waals surface area contributed by atoms with Gasteiger partial charge in [0.1, 0.15) is 6.33 Å². The van der Waals surface area contributed by atoms with Crippen LogP contribution in [0.5, 0.6) is 0 Å². The highest BCUT2D eigenvalue weighted by molar-refractivity contribution is 5.83. The average molecular weight is 301 g/mol. The van der Waals surface area contributed by atoms with Crippen molar-refractivity contribution < 1.29 is 9.53 Å². The zero-order chi connectivity index (χ0) is 14.9. The molecule has 1 atom stereocenters. The van der Waals surface area contributed by atoms with E-state index in [2.05, 4.69) is 19.9 Å². The summed E-state index contributed by atoms with van der Waals surface area (Å²) in [4.78, 5) is 27.1. The fourth-order valence-corrected chi connectivity index (χ4v) is 3.29. The molecule has 1 unspecified atom stereocenters. The molecule has 2 saturated heterocycles. The minimum Gasteiger partial charge on any atom is -0.465 e. The number of anilines is 1. The number of aryl methyl sites for hydroxylation is 1.